The second-order valence-electron chi connectivity index (χ2n) is 6.08. The van der Waals surface area contributed by atoms with Crippen LogP contribution in [0.1, 0.15) is 37.1 Å². The van der Waals surface area contributed by atoms with Gasteiger partial charge in [0.15, 0.2) is 0 Å². The summed E-state index contributed by atoms with van der Waals surface area (Å²) in [7, 11) is 2.28. The average molecular weight is 261 g/mol. The molecule has 2 atom stereocenters. The molecule has 0 saturated carbocycles. The number of anilines is 1. The van der Waals surface area contributed by atoms with Crippen molar-refractivity contribution in [3.8, 4) is 0 Å². The molecule has 0 aromatic carbocycles. The van der Waals surface area contributed by atoms with Crippen molar-refractivity contribution in [3.05, 3.63) is 11.4 Å². The van der Waals surface area contributed by atoms with Crippen molar-refractivity contribution in [3.63, 3.8) is 0 Å². The third-order valence-electron chi connectivity index (χ3n) is 4.84. The predicted octanol–water partition coefficient (Wildman–Crippen LogP) is 1.77. The smallest absolute Gasteiger partial charge is 0.242 e. The van der Waals surface area contributed by atoms with Gasteiger partial charge in [-0.05, 0) is 52.5 Å². The van der Waals surface area contributed by atoms with Crippen molar-refractivity contribution in [1.29, 1.82) is 0 Å². The topological polar surface area (TPSA) is 53.9 Å². The number of aryl methyl sites for hydroxylation is 2. The molecule has 3 rings (SSSR count). The molecule has 2 aliphatic rings. The van der Waals surface area contributed by atoms with Crippen LogP contribution in [0.3, 0.4) is 0 Å². The maximum absolute atomic E-state index is 4.43. The molecule has 2 unspecified atom stereocenters. The largest absolute Gasteiger partial charge is 0.353 e. The van der Waals surface area contributed by atoms with Crippen LogP contribution in [0.4, 0.5) is 5.95 Å². The maximum Gasteiger partial charge on any atom is 0.242 e. The molecule has 2 aliphatic heterocycles. The van der Waals surface area contributed by atoms with Crippen LogP contribution in [0.25, 0.3) is 0 Å². The van der Waals surface area contributed by atoms with Crippen LogP contribution >= 0.6 is 0 Å². The van der Waals surface area contributed by atoms with Crippen LogP contribution < -0.4 is 5.32 Å². The zero-order valence-corrected chi connectivity index (χ0v) is 12.1. The lowest BCUT2D eigenvalue weighted by atomic mass is 9.91. The van der Waals surface area contributed by atoms with Crippen molar-refractivity contribution in [1.82, 2.24) is 20.1 Å². The molecule has 19 heavy (non-hydrogen) atoms. The SMILES string of the molecule is Cc1nnc(NCC2CC3CCC(C2)N3C)nc1C. The van der Waals surface area contributed by atoms with Crippen molar-refractivity contribution in [2.45, 2.75) is 51.6 Å². The van der Waals surface area contributed by atoms with Crippen molar-refractivity contribution < 1.29 is 0 Å². The van der Waals surface area contributed by atoms with E-state index in [0.717, 1.165) is 35.9 Å². The summed E-state index contributed by atoms with van der Waals surface area (Å²) in [6.45, 7) is 4.89. The number of nitrogens with one attached hydrogen (secondary N) is 1. The zero-order chi connectivity index (χ0) is 13.4. The van der Waals surface area contributed by atoms with Gasteiger partial charge >= 0.3 is 0 Å². The molecule has 5 heteroatoms. The van der Waals surface area contributed by atoms with E-state index in [1.54, 1.807) is 0 Å². The molecule has 1 N–H and O–H groups in total. The molecule has 3 heterocycles. The Balaban J connectivity index is 1.57. The van der Waals surface area contributed by atoms with Gasteiger partial charge < -0.3 is 10.2 Å². The van der Waals surface area contributed by atoms with E-state index < -0.39 is 0 Å². The summed E-state index contributed by atoms with van der Waals surface area (Å²) < 4.78 is 0. The first kappa shape index (κ1) is 12.8. The highest BCUT2D eigenvalue weighted by Gasteiger charge is 2.38. The van der Waals surface area contributed by atoms with Crippen LogP contribution in [0.15, 0.2) is 0 Å². The Morgan fingerprint density at radius 3 is 2.42 bits per heavy atom. The molecule has 0 spiro atoms. The monoisotopic (exact) mass is 261 g/mol. The van der Waals surface area contributed by atoms with E-state index in [9.17, 15) is 0 Å². The lowest BCUT2D eigenvalue weighted by molar-refractivity contribution is 0.139. The quantitative estimate of drug-likeness (QED) is 0.898. The van der Waals surface area contributed by atoms with E-state index in [-0.39, 0.29) is 0 Å². The van der Waals surface area contributed by atoms with Gasteiger partial charge in [0.1, 0.15) is 0 Å². The van der Waals surface area contributed by atoms with Crippen molar-refractivity contribution in [2.24, 2.45) is 5.92 Å². The van der Waals surface area contributed by atoms with Gasteiger partial charge in [-0.25, -0.2) is 4.98 Å². The van der Waals surface area contributed by atoms with Crippen LogP contribution in [0.2, 0.25) is 0 Å². The van der Waals surface area contributed by atoms with Crippen LogP contribution in [0, 0.1) is 19.8 Å². The van der Waals surface area contributed by atoms with Gasteiger partial charge in [-0.2, -0.15) is 5.10 Å². The number of piperidine rings is 1. The number of aromatic nitrogens is 3. The van der Waals surface area contributed by atoms with E-state index in [4.69, 9.17) is 0 Å². The number of hydrogen-bond donors (Lipinski definition) is 1. The second kappa shape index (κ2) is 5.04. The Morgan fingerprint density at radius 2 is 1.79 bits per heavy atom. The van der Waals surface area contributed by atoms with E-state index in [1.165, 1.54) is 25.7 Å². The Morgan fingerprint density at radius 1 is 1.11 bits per heavy atom. The van der Waals surface area contributed by atoms with Gasteiger partial charge in [0.05, 0.1) is 11.4 Å². The lowest BCUT2D eigenvalue weighted by Gasteiger charge is -2.36. The molecule has 2 saturated heterocycles. The van der Waals surface area contributed by atoms with Gasteiger partial charge in [-0.3, -0.25) is 0 Å². The number of hydrogen-bond acceptors (Lipinski definition) is 5. The first-order valence-electron chi connectivity index (χ1n) is 7.27. The molecule has 0 amide bonds. The molecule has 5 nitrogen and oxygen atoms in total. The van der Waals surface area contributed by atoms with Gasteiger partial charge in [-0.15, -0.1) is 5.10 Å². The molecular weight excluding hydrogens is 238 g/mol. The molecule has 0 radical (unpaired) electrons. The fourth-order valence-electron chi connectivity index (χ4n) is 3.46. The first-order chi connectivity index (χ1) is 9.13. The van der Waals surface area contributed by atoms with Crippen LogP contribution in [-0.2, 0) is 0 Å². The summed E-state index contributed by atoms with van der Waals surface area (Å²) in [5.74, 6) is 1.42. The van der Waals surface area contributed by atoms with Gasteiger partial charge in [0.2, 0.25) is 5.95 Å². The summed E-state index contributed by atoms with van der Waals surface area (Å²) in [5, 5.41) is 11.6. The minimum absolute atomic E-state index is 0.675. The molecule has 104 valence electrons. The fraction of sp³-hybridized carbons (Fsp3) is 0.786. The highest BCUT2D eigenvalue weighted by Crippen LogP contribution is 2.37. The third kappa shape index (κ3) is 2.56. The highest BCUT2D eigenvalue weighted by atomic mass is 15.2. The minimum atomic E-state index is 0.675. The summed E-state index contributed by atoms with van der Waals surface area (Å²) in [4.78, 5) is 7.00. The summed E-state index contributed by atoms with van der Waals surface area (Å²) in [6.07, 6.45) is 5.36. The molecule has 0 aliphatic carbocycles. The van der Waals surface area contributed by atoms with E-state index in [1.807, 2.05) is 13.8 Å². The Kier molecular flexibility index (Phi) is 3.39. The predicted molar refractivity (Wildman–Crippen MR) is 75.1 cm³/mol. The van der Waals surface area contributed by atoms with E-state index >= 15 is 0 Å². The molecule has 1 aromatic heterocycles. The molecule has 2 bridgehead atoms. The van der Waals surface area contributed by atoms with Crippen LogP contribution in [0.5, 0.6) is 0 Å². The number of rotatable bonds is 3. The second-order valence-corrected chi connectivity index (χ2v) is 6.08. The number of nitrogens with zero attached hydrogens (tertiary/aromatic N) is 4. The Labute approximate surface area is 114 Å². The standard InChI is InChI=1S/C14H23N5/c1-9-10(2)17-18-14(16-9)15-8-11-6-12-4-5-13(7-11)19(12)3/h11-13H,4-8H2,1-3H3,(H,15,16,18). The van der Waals surface area contributed by atoms with Gasteiger partial charge in [-0.1, -0.05) is 0 Å². The van der Waals surface area contributed by atoms with Crippen molar-refractivity contribution >= 4 is 5.95 Å². The Hall–Kier alpha value is -1.23. The first-order valence-corrected chi connectivity index (χ1v) is 7.27. The highest BCUT2D eigenvalue weighted by molar-refractivity contribution is 5.24. The summed E-state index contributed by atoms with van der Waals surface area (Å²) in [6, 6.07) is 1.59. The van der Waals surface area contributed by atoms with E-state index in [2.05, 4.69) is 32.4 Å². The van der Waals surface area contributed by atoms with Gasteiger partial charge in [0.25, 0.3) is 0 Å². The molecular formula is C14H23N5. The number of fused-ring (bicyclic) bond motifs is 2. The summed E-state index contributed by atoms with van der Waals surface area (Å²) >= 11 is 0. The average Bonchev–Trinajstić information content (AvgIpc) is 2.64. The summed E-state index contributed by atoms with van der Waals surface area (Å²) in [5.41, 5.74) is 1.86. The minimum Gasteiger partial charge on any atom is -0.353 e. The molecule has 1 aromatic rings. The maximum atomic E-state index is 4.43. The zero-order valence-electron chi connectivity index (χ0n) is 12.1. The molecule has 2 fully saturated rings. The van der Waals surface area contributed by atoms with E-state index in [0.29, 0.717) is 5.95 Å². The van der Waals surface area contributed by atoms with Crippen molar-refractivity contribution in [2.75, 3.05) is 18.9 Å². The van der Waals surface area contributed by atoms with Gasteiger partial charge in [0, 0.05) is 18.6 Å². The lowest BCUT2D eigenvalue weighted by Crippen LogP contribution is -2.41. The Bertz CT molecular complexity index is 447. The third-order valence-corrected chi connectivity index (χ3v) is 4.84. The normalized spacial score (nSPS) is 30.6. The van der Waals surface area contributed by atoms with Crippen LogP contribution in [-0.4, -0.2) is 45.8 Å². The fourth-order valence-corrected chi connectivity index (χ4v) is 3.46.